The molecule has 0 fully saturated rings. The molecular weight excluding hydrogens is 603 g/mol. The number of nitrogens with one attached hydrogen (secondary N) is 1. The van der Waals surface area contributed by atoms with Crippen molar-refractivity contribution < 1.29 is 31.2 Å². The van der Waals surface area contributed by atoms with Crippen LogP contribution in [0.2, 0.25) is 5.02 Å². The van der Waals surface area contributed by atoms with E-state index in [1.165, 1.54) is 29.2 Å². The summed E-state index contributed by atoms with van der Waals surface area (Å²) in [6.45, 7) is 5.18. The van der Waals surface area contributed by atoms with Crippen molar-refractivity contribution >= 4 is 39.1 Å². The highest BCUT2D eigenvalue weighted by Gasteiger charge is 2.37. The summed E-state index contributed by atoms with van der Waals surface area (Å²) >= 11 is 5.81. The molecule has 2 amide bonds. The van der Waals surface area contributed by atoms with Crippen LogP contribution >= 0.6 is 11.6 Å². The summed E-state index contributed by atoms with van der Waals surface area (Å²) in [7, 11) is -4.52. The maximum Gasteiger partial charge on any atom is 0.417 e. The average molecular weight is 638 g/mol. The van der Waals surface area contributed by atoms with Crippen LogP contribution < -0.4 is 9.62 Å². The van der Waals surface area contributed by atoms with Crippen LogP contribution in [-0.2, 0) is 32.2 Å². The summed E-state index contributed by atoms with van der Waals surface area (Å²) in [6.07, 6.45) is -4.27. The van der Waals surface area contributed by atoms with E-state index < -0.39 is 56.9 Å². The first-order valence-corrected chi connectivity index (χ1v) is 15.6. The van der Waals surface area contributed by atoms with Crippen molar-refractivity contribution in [2.45, 2.75) is 50.7 Å². The Labute approximate surface area is 255 Å². The van der Waals surface area contributed by atoms with Crippen LogP contribution in [0, 0.1) is 5.92 Å². The van der Waals surface area contributed by atoms with Crippen molar-refractivity contribution in [3.05, 3.63) is 95.0 Å². The first-order chi connectivity index (χ1) is 20.3. The summed E-state index contributed by atoms with van der Waals surface area (Å²) in [4.78, 5) is 28.3. The average Bonchev–Trinajstić information content (AvgIpc) is 2.97. The number of sulfonamides is 1. The van der Waals surface area contributed by atoms with Crippen molar-refractivity contribution in [1.29, 1.82) is 0 Å². The van der Waals surface area contributed by atoms with E-state index in [1.54, 1.807) is 13.0 Å². The second kappa shape index (κ2) is 14.7. The third-order valence-electron chi connectivity index (χ3n) is 6.71. The molecule has 3 aromatic rings. The van der Waals surface area contributed by atoms with E-state index in [0.717, 1.165) is 17.7 Å². The molecule has 0 saturated carbocycles. The van der Waals surface area contributed by atoms with Crippen LogP contribution in [0.5, 0.6) is 0 Å². The van der Waals surface area contributed by atoms with Gasteiger partial charge in [0.15, 0.2) is 0 Å². The number of hydrogen-bond donors (Lipinski definition) is 1. The zero-order valence-corrected chi connectivity index (χ0v) is 25.7. The highest BCUT2D eigenvalue weighted by atomic mass is 35.5. The first kappa shape index (κ1) is 33.9. The first-order valence-electron chi connectivity index (χ1n) is 13.8. The van der Waals surface area contributed by atoms with Gasteiger partial charge in [0.2, 0.25) is 11.8 Å². The Kier molecular flexibility index (Phi) is 11.6. The van der Waals surface area contributed by atoms with E-state index >= 15 is 0 Å². The van der Waals surface area contributed by atoms with Crippen LogP contribution in [0.4, 0.5) is 18.9 Å². The number of hydrogen-bond acceptors (Lipinski definition) is 4. The molecule has 1 atom stereocenters. The molecule has 0 aromatic heterocycles. The topological polar surface area (TPSA) is 86.8 Å². The third kappa shape index (κ3) is 8.96. The Hall–Kier alpha value is -3.57. The molecule has 0 unspecified atom stereocenters. The lowest BCUT2D eigenvalue weighted by atomic mass is 10.1. The summed E-state index contributed by atoms with van der Waals surface area (Å²) in [5.41, 5.74) is -0.749. The monoisotopic (exact) mass is 637 g/mol. The largest absolute Gasteiger partial charge is 0.417 e. The van der Waals surface area contributed by atoms with E-state index in [1.807, 2.05) is 44.2 Å². The molecule has 0 bridgehead atoms. The number of alkyl halides is 3. The minimum absolute atomic E-state index is 0.0735. The molecule has 43 heavy (non-hydrogen) atoms. The zero-order valence-electron chi connectivity index (χ0n) is 24.1. The Morgan fingerprint density at radius 3 is 2.12 bits per heavy atom. The molecule has 0 heterocycles. The van der Waals surface area contributed by atoms with Gasteiger partial charge in [-0.25, -0.2) is 8.42 Å². The molecule has 232 valence electrons. The molecule has 1 N–H and O–H groups in total. The molecule has 0 spiro atoms. The Morgan fingerprint density at radius 1 is 0.953 bits per heavy atom. The molecule has 0 saturated heterocycles. The van der Waals surface area contributed by atoms with Crippen molar-refractivity contribution in [3.8, 4) is 0 Å². The number of carbonyl (C=O) groups is 2. The van der Waals surface area contributed by atoms with Gasteiger partial charge in [0.25, 0.3) is 10.0 Å². The molecule has 0 aliphatic rings. The van der Waals surface area contributed by atoms with Gasteiger partial charge >= 0.3 is 6.18 Å². The predicted octanol–water partition coefficient (Wildman–Crippen LogP) is 6.18. The van der Waals surface area contributed by atoms with Crippen molar-refractivity contribution in [3.63, 3.8) is 0 Å². The Morgan fingerprint density at radius 2 is 1.56 bits per heavy atom. The molecule has 3 aromatic carbocycles. The summed E-state index contributed by atoms with van der Waals surface area (Å²) < 4.78 is 69.6. The lowest BCUT2D eigenvalue weighted by Gasteiger charge is -2.33. The van der Waals surface area contributed by atoms with Gasteiger partial charge in [-0.15, -0.1) is 0 Å². The number of anilines is 1. The quantitative estimate of drug-likeness (QED) is 0.243. The molecule has 7 nitrogen and oxygen atoms in total. The van der Waals surface area contributed by atoms with E-state index in [2.05, 4.69) is 5.32 Å². The molecule has 3 rings (SSSR count). The van der Waals surface area contributed by atoms with Gasteiger partial charge in [-0.1, -0.05) is 80.9 Å². The maximum absolute atomic E-state index is 14.0. The van der Waals surface area contributed by atoms with Gasteiger partial charge in [0, 0.05) is 13.1 Å². The number of amides is 2. The second-order valence-electron chi connectivity index (χ2n) is 10.4. The minimum atomic E-state index is -4.87. The summed E-state index contributed by atoms with van der Waals surface area (Å²) in [6, 6.07) is 18.1. The van der Waals surface area contributed by atoms with Gasteiger partial charge in [-0.2, -0.15) is 13.2 Å². The summed E-state index contributed by atoms with van der Waals surface area (Å²) in [5.74, 6) is -0.999. The fraction of sp³-hybridized carbons (Fsp3) is 0.355. The molecular formula is C31H35ClF3N3O4S. The molecule has 0 aliphatic carbocycles. The molecule has 12 heteroatoms. The molecule has 0 aliphatic heterocycles. The number of carbonyl (C=O) groups excluding carboxylic acids is 2. The van der Waals surface area contributed by atoms with E-state index in [0.29, 0.717) is 23.3 Å². The van der Waals surface area contributed by atoms with Gasteiger partial charge < -0.3 is 10.2 Å². The SMILES string of the molecule is CC[C@@H](C(=O)NCC(C)C)N(CCc1ccccc1)C(=O)CN(c1ccc(Cl)c(C(F)(F)F)c1)S(=O)(=O)c1ccccc1. The fourth-order valence-electron chi connectivity index (χ4n) is 4.45. The van der Waals surface area contributed by atoms with Gasteiger partial charge in [0.05, 0.1) is 21.2 Å². The van der Waals surface area contributed by atoms with Crippen molar-refractivity contribution in [2.75, 3.05) is 23.9 Å². The Balaban J connectivity index is 2.07. The normalized spacial score (nSPS) is 12.6. The molecule has 0 radical (unpaired) electrons. The fourth-order valence-corrected chi connectivity index (χ4v) is 6.10. The van der Waals surface area contributed by atoms with Gasteiger partial charge in [0.1, 0.15) is 12.6 Å². The smallest absolute Gasteiger partial charge is 0.354 e. The van der Waals surface area contributed by atoms with Gasteiger partial charge in [-0.3, -0.25) is 13.9 Å². The maximum atomic E-state index is 14.0. The van der Waals surface area contributed by atoms with Crippen molar-refractivity contribution in [1.82, 2.24) is 10.2 Å². The standard InChI is InChI=1S/C31H35ClF3N3O4S/c1-4-28(30(40)36-20-22(2)3)37(18-17-23-11-7-5-8-12-23)29(39)21-38(43(41,42)25-13-9-6-10-14-25)24-15-16-27(32)26(19-24)31(33,34)35/h5-16,19,22,28H,4,17-18,20-21H2,1-3H3,(H,36,40)/t28-/m0/s1. The van der Waals surface area contributed by atoms with Crippen LogP contribution in [-0.4, -0.2) is 50.8 Å². The van der Waals surface area contributed by atoms with Crippen LogP contribution in [0.15, 0.2) is 83.8 Å². The van der Waals surface area contributed by atoms with Crippen LogP contribution in [0.1, 0.15) is 38.3 Å². The van der Waals surface area contributed by atoms with Crippen LogP contribution in [0.3, 0.4) is 0 Å². The van der Waals surface area contributed by atoms with E-state index in [4.69, 9.17) is 11.6 Å². The number of benzene rings is 3. The second-order valence-corrected chi connectivity index (χ2v) is 12.6. The van der Waals surface area contributed by atoms with E-state index in [-0.39, 0.29) is 23.8 Å². The van der Waals surface area contributed by atoms with Crippen LogP contribution in [0.25, 0.3) is 0 Å². The number of nitrogens with zero attached hydrogens (tertiary/aromatic N) is 2. The lowest BCUT2D eigenvalue weighted by Crippen LogP contribution is -2.53. The Bertz CT molecular complexity index is 1490. The summed E-state index contributed by atoms with van der Waals surface area (Å²) in [5, 5.41) is 2.22. The number of rotatable bonds is 13. The third-order valence-corrected chi connectivity index (χ3v) is 8.83. The van der Waals surface area contributed by atoms with Gasteiger partial charge in [-0.05, 0) is 54.7 Å². The number of halogens is 4. The predicted molar refractivity (Wildman–Crippen MR) is 161 cm³/mol. The van der Waals surface area contributed by atoms with E-state index in [9.17, 15) is 31.2 Å². The minimum Gasteiger partial charge on any atom is -0.354 e. The lowest BCUT2D eigenvalue weighted by molar-refractivity contribution is -0.139. The highest BCUT2D eigenvalue weighted by Crippen LogP contribution is 2.38. The highest BCUT2D eigenvalue weighted by molar-refractivity contribution is 7.92. The zero-order chi connectivity index (χ0) is 31.8. The van der Waals surface area contributed by atoms with Crippen molar-refractivity contribution in [2.24, 2.45) is 5.92 Å².